The Hall–Kier alpha value is -1.59. The summed E-state index contributed by atoms with van der Waals surface area (Å²) < 4.78 is 5.79. The summed E-state index contributed by atoms with van der Waals surface area (Å²) in [7, 11) is 0. The molecule has 1 aromatic carbocycles. The monoisotopic (exact) mass is 318 g/mol. The predicted octanol–water partition coefficient (Wildman–Crippen LogP) is 1.51. The number of hydrogen-bond acceptors (Lipinski definition) is 4. The van der Waals surface area contributed by atoms with Gasteiger partial charge in [0.25, 0.3) is 5.91 Å². The third-order valence-electron chi connectivity index (χ3n) is 4.88. The first-order valence-corrected chi connectivity index (χ1v) is 8.59. The maximum Gasteiger partial charge on any atom is 0.261 e. The van der Waals surface area contributed by atoms with E-state index in [0.717, 1.165) is 50.2 Å². The van der Waals surface area contributed by atoms with E-state index in [-0.39, 0.29) is 17.9 Å². The lowest BCUT2D eigenvalue weighted by Crippen LogP contribution is -2.41. The van der Waals surface area contributed by atoms with Gasteiger partial charge in [0.05, 0.1) is 6.10 Å². The summed E-state index contributed by atoms with van der Waals surface area (Å²) in [4.78, 5) is 14.7. The summed E-state index contributed by atoms with van der Waals surface area (Å²) in [5.74, 6) is 0.893. The summed E-state index contributed by atoms with van der Waals surface area (Å²) in [6, 6.07) is 7.86. The standard InChI is InChI=1S/C18H26N2O3/c1-13-15-5-2-3-6-16(15)23-17(13)18(22)19-9-4-10-20-11-7-14(21)8-12-20/h2-3,5-6,13-14,17,21H,4,7-12H2,1H3,(H,19,22). The number of amides is 1. The van der Waals surface area contributed by atoms with Crippen molar-refractivity contribution in [1.29, 1.82) is 0 Å². The average molecular weight is 318 g/mol. The number of likely N-dealkylation sites (tertiary alicyclic amines) is 1. The van der Waals surface area contributed by atoms with Crippen LogP contribution in [-0.2, 0) is 4.79 Å². The molecule has 1 fully saturated rings. The first-order valence-electron chi connectivity index (χ1n) is 8.59. The first-order chi connectivity index (χ1) is 11.1. The molecule has 0 aliphatic carbocycles. The van der Waals surface area contributed by atoms with Gasteiger partial charge in [-0.15, -0.1) is 0 Å². The molecule has 5 heteroatoms. The molecule has 2 heterocycles. The zero-order valence-electron chi connectivity index (χ0n) is 13.7. The molecule has 2 aliphatic rings. The number of rotatable bonds is 5. The van der Waals surface area contributed by atoms with Crippen molar-refractivity contribution in [2.45, 2.75) is 44.3 Å². The minimum Gasteiger partial charge on any atom is -0.480 e. The number of nitrogens with zero attached hydrogens (tertiary/aromatic N) is 1. The molecule has 3 rings (SSSR count). The summed E-state index contributed by atoms with van der Waals surface area (Å²) in [5, 5.41) is 12.5. The number of aliphatic hydroxyl groups is 1. The molecule has 2 aliphatic heterocycles. The van der Waals surface area contributed by atoms with Crippen LogP contribution in [0.2, 0.25) is 0 Å². The zero-order chi connectivity index (χ0) is 16.2. The topological polar surface area (TPSA) is 61.8 Å². The molecular formula is C18H26N2O3. The number of fused-ring (bicyclic) bond motifs is 1. The van der Waals surface area contributed by atoms with Gasteiger partial charge in [0.2, 0.25) is 0 Å². The van der Waals surface area contributed by atoms with Gasteiger partial charge in [-0.25, -0.2) is 0 Å². The highest BCUT2D eigenvalue weighted by atomic mass is 16.5. The van der Waals surface area contributed by atoms with Crippen molar-refractivity contribution in [3.63, 3.8) is 0 Å². The van der Waals surface area contributed by atoms with Gasteiger partial charge in [0.15, 0.2) is 6.10 Å². The molecule has 0 spiro atoms. The van der Waals surface area contributed by atoms with E-state index >= 15 is 0 Å². The van der Waals surface area contributed by atoms with Crippen LogP contribution in [0.5, 0.6) is 5.75 Å². The normalized spacial score (nSPS) is 25.0. The van der Waals surface area contributed by atoms with E-state index in [1.54, 1.807) is 0 Å². The van der Waals surface area contributed by atoms with Crippen molar-refractivity contribution in [3.8, 4) is 5.75 Å². The maximum atomic E-state index is 12.3. The van der Waals surface area contributed by atoms with E-state index in [4.69, 9.17) is 4.74 Å². The van der Waals surface area contributed by atoms with Crippen LogP contribution in [0.3, 0.4) is 0 Å². The number of hydrogen-bond donors (Lipinski definition) is 2. The summed E-state index contributed by atoms with van der Waals surface area (Å²) in [5.41, 5.74) is 1.11. The summed E-state index contributed by atoms with van der Waals surface area (Å²) >= 11 is 0. The second kappa shape index (κ2) is 7.32. The fourth-order valence-electron chi connectivity index (χ4n) is 3.40. The highest BCUT2D eigenvalue weighted by Gasteiger charge is 2.35. The minimum absolute atomic E-state index is 0.0252. The van der Waals surface area contributed by atoms with E-state index < -0.39 is 6.10 Å². The van der Waals surface area contributed by atoms with Crippen LogP contribution in [-0.4, -0.2) is 54.3 Å². The largest absolute Gasteiger partial charge is 0.480 e. The molecule has 5 nitrogen and oxygen atoms in total. The molecule has 2 N–H and O–H groups in total. The smallest absolute Gasteiger partial charge is 0.261 e. The number of nitrogens with one attached hydrogen (secondary N) is 1. The third-order valence-corrected chi connectivity index (χ3v) is 4.88. The van der Waals surface area contributed by atoms with Gasteiger partial charge in [-0.05, 0) is 31.9 Å². The first kappa shape index (κ1) is 16.3. The van der Waals surface area contributed by atoms with Crippen LogP contribution < -0.4 is 10.1 Å². The van der Waals surface area contributed by atoms with Crippen LogP contribution >= 0.6 is 0 Å². The van der Waals surface area contributed by atoms with E-state index in [9.17, 15) is 9.90 Å². The summed E-state index contributed by atoms with van der Waals surface area (Å²) in [6.07, 6.45) is 2.09. The fourth-order valence-corrected chi connectivity index (χ4v) is 3.40. The zero-order valence-corrected chi connectivity index (χ0v) is 13.7. The molecule has 1 amide bonds. The van der Waals surface area contributed by atoms with Crippen molar-refractivity contribution in [1.82, 2.24) is 10.2 Å². The number of aliphatic hydroxyl groups excluding tert-OH is 1. The number of carbonyl (C=O) groups is 1. The van der Waals surface area contributed by atoms with E-state index in [0.29, 0.717) is 6.54 Å². The molecular weight excluding hydrogens is 292 g/mol. The van der Waals surface area contributed by atoms with Crippen molar-refractivity contribution in [2.24, 2.45) is 0 Å². The molecule has 0 bridgehead atoms. The van der Waals surface area contributed by atoms with E-state index in [1.807, 2.05) is 31.2 Å². The molecule has 0 aromatic heterocycles. The van der Waals surface area contributed by atoms with Crippen LogP contribution in [0.1, 0.15) is 37.7 Å². The van der Waals surface area contributed by atoms with Crippen LogP contribution in [0.25, 0.3) is 0 Å². The Balaban J connectivity index is 1.39. The second-order valence-corrected chi connectivity index (χ2v) is 6.58. The average Bonchev–Trinajstić information content (AvgIpc) is 2.90. The van der Waals surface area contributed by atoms with Crippen molar-refractivity contribution in [3.05, 3.63) is 29.8 Å². The molecule has 1 saturated heterocycles. The van der Waals surface area contributed by atoms with Gasteiger partial charge in [0, 0.05) is 31.1 Å². The Kier molecular flexibility index (Phi) is 5.18. The Morgan fingerprint density at radius 2 is 2.09 bits per heavy atom. The molecule has 2 unspecified atom stereocenters. The molecule has 126 valence electrons. The van der Waals surface area contributed by atoms with Gasteiger partial charge in [-0.2, -0.15) is 0 Å². The van der Waals surface area contributed by atoms with Gasteiger partial charge in [-0.3, -0.25) is 4.79 Å². The highest BCUT2D eigenvalue weighted by Crippen LogP contribution is 2.37. The van der Waals surface area contributed by atoms with Crippen LogP contribution in [0, 0.1) is 0 Å². The van der Waals surface area contributed by atoms with Gasteiger partial charge < -0.3 is 20.1 Å². The van der Waals surface area contributed by atoms with Crippen molar-refractivity contribution >= 4 is 5.91 Å². The third kappa shape index (κ3) is 3.85. The lowest BCUT2D eigenvalue weighted by Gasteiger charge is -2.29. The molecule has 0 radical (unpaired) electrons. The summed E-state index contributed by atoms with van der Waals surface area (Å²) in [6.45, 7) is 5.57. The van der Waals surface area contributed by atoms with Gasteiger partial charge in [0.1, 0.15) is 5.75 Å². The van der Waals surface area contributed by atoms with Crippen LogP contribution in [0.4, 0.5) is 0 Å². The number of para-hydroxylation sites is 1. The Morgan fingerprint density at radius 1 is 1.35 bits per heavy atom. The highest BCUT2D eigenvalue weighted by molar-refractivity contribution is 5.83. The Labute approximate surface area is 137 Å². The lowest BCUT2D eigenvalue weighted by atomic mass is 9.97. The van der Waals surface area contributed by atoms with E-state index in [2.05, 4.69) is 10.2 Å². The number of ether oxygens (including phenoxy) is 1. The molecule has 0 saturated carbocycles. The predicted molar refractivity (Wildman–Crippen MR) is 88.6 cm³/mol. The van der Waals surface area contributed by atoms with Gasteiger partial charge in [-0.1, -0.05) is 25.1 Å². The molecule has 2 atom stereocenters. The molecule has 1 aromatic rings. The van der Waals surface area contributed by atoms with Crippen molar-refractivity contribution < 1.29 is 14.6 Å². The van der Waals surface area contributed by atoms with Crippen LogP contribution in [0.15, 0.2) is 24.3 Å². The quantitative estimate of drug-likeness (QED) is 0.808. The maximum absolute atomic E-state index is 12.3. The SMILES string of the molecule is CC1c2ccccc2OC1C(=O)NCCCN1CCC(O)CC1. The van der Waals surface area contributed by atoms with Gasteiger partial charge >= 0.3 is 0 Å². The minimum atomic E-state index is -0.419. The Morgan fingerprint density at radius 3 is 2.83 bits per heavy atom. The van der Waals surface area contributed by atoms with E-state index in [1.165, 1.54) is 0 Å². The fraction of sp³-hybridized carbons (Fsp3) is 0.611. The number of carbonyl (C=O) groups excluding carboxylic acids is 1. The number of benzene rings is 1. The lowest BCUT2D eigenvalue weighted by molar-refractivity contribution is -0.127. The second-order valence-electron chi connectivity index (χ2n) is 6.58. The van der Waals surface area contributed by atoms with Crippen molar-refractivity contribution in [2.75, 3.05) is 26.2 Å². The number of piperidine rings is 1. The molecule has 23 heavy (non-hydrogen) atoms. The Bertz CT molecular complexity index is 541.